The number of benzene rings is 1. The fourth-order valence-corrected chi connectivity index (χ4v) is 1.72. The van der Waals surface area contributed by atoms with E-state index in [2.05, 4.69) is 0 Å². The van der Waals surface area contributed by atoms with Crippen LogP contribution in [0, 0.1) is 11.6 Å². The average Bonchev–Trinajstić information content (AvgIpc) is 2.13. The third-order valence-electron chi connectivity index (χ3n) is 2.40. The molecule has 1 aromatic rings. The summed E-state index contributed by atoms with van der Waals surface area (Å²) in [6, 6.07) is 3.69. The van der Waals surface area contributed by atoms with Crippen LogP contribution in [0.5, 0.6) is 0 Å². The SMILES string of the molecule is CC(C)N(CC(N)=S)Cc1cc(F)cc(F)c1. The van der Waals surface area contributed by atoms with Crippen molar-refractivity contribution in [2.24, 2.45) is 5.73 Å². The summed E-state index contributed by atoms with van der Waals surface area (Å²) in [6.45, 7) is 4.82. The van der Waals surface area contributed by atoms with Crippen molar-refractivity contribution in [3.05, 3.63) is 35.4 Å². The van der Waals surface area contributed by atoms with Gasteiger partial charge in [-0.15, -0.1) is 0 Å². The molecule has 0 radical (unpaired) electrons. The van der Waals surface area contributed by atoms with E-state index in [1.54, 1.807) is 0 Å². The van der Waals surface area contributed by atoms with Gasteiger partial charge >= 0.3 is 0 Å². The molecule has 0 amide bonds. The molecular formula is C12H16F2N2S. The first-order chi connectivity index (χ1) is 7.88. The Morgan fingerprint density at radius 1 is 1.29 bits per heavy atom. The predicted molar refractivity (Wildman–Crippen MR) is 68.7 cm³/mol. The lowest BCUT2D eigenvalue weighted by atomic mass is 10.1. The summed E-state index contributed by atoms with van der Waals surface area (Å²) in [7, 11) is 0. The molecule has 0 aromatic heterocycles. The molecular weight excluding hydrogens is 242 g/mol. The Morgan fingerprint density at radius 3 is 2.24 bits per heavy atom. The molecule has 0 bridgehead atoms. The van der Waals surface area contributed by atoms with Gasteiger partial charge in [0.05, 0.1) is 4.99 Å². The van der Waals surface area contributed by atoms with Crippen LogP contribution in [0.25, 0.3) is 0 Å². The third-order valence-corrected chi connectivity index (χ3v) is 2.53. The fourth-order valence-electron chi connectivity index (χ4n) is 1.56. The van der Waals surface area contributed by atoms with E-state index in [-0.39, 0.29) is 6.04 Å². The van der Waals surface area contributed by atoms with Crippen LogP contribution < -0.4 is 5.73 Å². The Bertz CT molecular complexity index is 387. The van der Waals surface area contributed by atoms with E-state index >= 15 is 0 Å². The molecule has 17 heavy (non-hydrogen) atoms. The molecule has 2 nitrogen and oxygen atoms in total. The van der Waals surface area contributed by atoms with Crippen LogP contribution in [0.1, 0.15) is 19.4 Å². The van der Waals surface area contributed by atoms with Crippen molar-refractivity contribution in [1.29, 1.82) is 0 Å². The number of hydrogen-bond acceptors (Lipinski definition) is 2. The van der Waals surface area contributed by atoms with E-state index < -0.39 is 11.6 Å². The molecule has 0 saturated carbocycles. The van der Waals surface area contributed by atoms with Crippen molar-refractivity contribution in [3.63, 3.8) is 0 Å². The summed E-state index contributed by atoms with van der Waals surface area (Å²) in [5.74, 6) is -1.14. The molecule has 0 saturated heterocycles. The van der Waals surface area contributed by atoms with E-state index in [1.807, 2.05) is 18.7 Å². The molecule has 94 valence electrons. The number of thiocarbonyl (C=S) groups is 1. The van der Waals surface area contributed by atoms with Crippen molar-refractivity contribution < 1.29 is 8.78 Å². The maximum atomic E-state index is 13.0. The molecule has 0 aliphatic rings. The quantitative estimate of drug-likeness (QED) is 0.823. The van der Waals surface area contributed by atoms with Crippen molar-refractivity contribution >= 4 is 17.2 Å². The van der Waals surface area contributed by atoms with Gasteiger partial charge in [0, 0.05) is 25.2 Å². The van der Waals surface area contributed by atoms with Gasteiger partial charge in [0.15, 0.2) is 0 Å². The lowest BCUT2D eigenvalue weighted by Crippen LogP contribution is -2.37. The Labute approximate surface area is 105 Å². The van der Waals surface area contributed by atoms with Gasteiger partial charge in [0.1, 0.15) is 11.6 Å². The van der Waals surface area contributed by atoms with Crippen LogP contribution in [0.15, 0.2) is 18.2 Å². The van der Waals surface area contributed by atoms with E-state index in [9.17, 15) is 8.78 Å². The second-order valence-corrected chi connectivity index (χ2v) is 4.77. The second-order valence-electron chi connectivity index (χ2n) is 4.24. The smallest absolute Gasteiger partial charge is 0.126 e. The summed E-state index contributed by atoms with van der Waals surface area (Å²) in [5.41, 5.74) is 6.06. The highest BCUT2D eigenvalue weighted by Crippen LogP contribution is 2.12. The summed E-state index contributed by atoms with van der Waals surface area (Å²) in [5, 5.41) is 0. The van der Waals surface area contributed by atoms with Crippen LogP contribution in [0.2, 0.25) is 0 Å². The van der Waals surface area contributed by atoms with Gasteiger partial charge in [-0.05, 0) is 31.5 Å². The molecule has 2 N–H and O–H groups in total. The fraction of sp³-hybridized carbons (Fsp3) is 0.417. The minimum Gasteiger partial charge on any atom is -0.392 e. The van der Waals surface area contributed by atoms with Gasteiger partial charge in [-0.3, -0.25) is 4.90 Å². The first-order valence-corrected chi connectivity index (χ1v) is 5.76. The monoisotopic (exact) mass is 258 g/mol. The molecule has 5 heteroatoms. The van der Waals surface area contributed by atoms with Gasteiger partial charge in [0.25, 0.3) is 0 Å². The average molecular weight is 258 g/mol. The Morgan fingerprint density at radius 2 is 1.82 bits per heavy atom. The summed E-state index contributed by atoms with van der Waals surface area (Å²) < 4.78 is 26.1. The topological polar surface area (TPSA) is 29.3 Å². The first kappa shape index (κ1) is 14.0. The molecule has 0 unspecified atom stereocenters. The number of rotatable bonds is 5. The zero-order valence-corrected chi connectivity index (χ0v) is 10.7. The predicted octanol–water partition coefficient (Wildman–Crippen LogP) is 2.46. The number of halogens is 2. The van der Waals surface area contributed by atoms with E-state index in [0.717, 1.165) is 6.07 Å². The van der Waals surface area contributed by atoms with Crippen LogP contribution in [0.4, 0.5) is 8.78 Å². The van der Waals surface area contributed by atoms with Gasteiger partial charge in [-0.25, -0.2) is 8.78 Å². The Kier molecular flexibility index (Phi) is 4.96. The minimum atomic E-state index is -0.570. The Hall–Kier alpha value is -1.07. The van der Waals surface area contributed by atoms with Gasteiger partial charge in [-0.2, -0.15) is 0 Å². The maximum absolute atomic E-state index is 13.0. The molecule has 0 aliphatic carbocycles. The van der Waals surface area contributed by atoms with E-state index in [4.69, 9.17) is 18.0 Å². The number of nitrogens with zero attached hydrogens (tertiary/aromatic N) is 1. The molecule has 1 rings (SSSR count). The van der Waals surface area contributed by atoms with Crippen LogP contribution in [0.3, 0.4) is 0 Å². The van der Waals surface area contributed by atoms with Gasteiger partial charge in [0.2, 0.25) is 0 Å². The molecule has 1 aromatic carbocycles. The standard InChI is InChI=1S/C12H16F2N2S/c1-8(2)16(7-12(15)17)6-9-3-10(13)5-11(14)4-9/h3-5,8H,6-7H2,1-2H3,(H2,15,17). The van der Waals surface area contributed by atoms with Gasteiger partial charge < -0.3 is 5.73 Å². The molecule has 0 fully saturated rings. The largest absolute Gasteiger partial charge is 0.392 e. The Balaban J connectivity index is 2.81. The summed E-state index contributed by atoms with van der Waals surface area (Å²) in [4.78, 5) is 2.33. The van der Waals surface area contributed by atoms with E-state index in [1.165, 1.54) is 12.1 Å². The molecule has 0 heterocycles. The zero-order chi connectivity index (χ0) is 13.0. The summed E-state index contributed by atoms with van der Waals surface area (Å²) >= 11 is 4.85. The lowest BCUT2D eigenvalue weighted by molar-refractivity contribution is 0.244. The van der Waals surface area contributed by atoms with Crippen LogP contribution >= 0.6 is 12.2 Å². The van der Waals surface area contributed by atoms with E-state index in [0.29, 0.717) is 23.6 Å². The second kappa shape index (κ2) is 6.02. The van der Waals surface area contributed by atoms with Gasteiger partial charge in [-0.1, -0.05) is 12.2 Å². The number of hydrogen-bond donors (Lipinski definition) is 1. The number of nitrogens with two attached hydrogens (primary N) is 1. The lowest BCUT2D eigenvalue weighted by Gasteiger charge is -2.25. The van der Waals surface area contributed by atoms with Crippen molar-refractivity contribution in [2.75, 3.05) is 6.54 Å². The summed E-state index contributed by atoms with van der Waals surface area (Å²) in [6.07, 6.45) is 0. The first-order valence-electron chi connectivity index (χ1n) is 5.36. The van der Waals surface area contributed by atoms with Crippen molar-refractivity contribution in [1.82, 2.24) is 4.90 Å². The molecule has 0 spiro atoms. The highest BCUT2D eigenvalue weighted by molar-refractivity contribution is 7.80. The highest BCUT2D eigenvalue weighted by Gasteiger charge is 2.12. The highest BCUT2D eigenvalue weighted by atomic mass is 32.1. The van der Waals surface area contributed by atoms with Crippen molar-refractivity contribution in [2.45, 2.75) is 26.4 Å². The molecule has 0 atom stereocenters. The van der Waals surface area contributed by atoms with Crippen LogP contribution in [-0.2, 0) is 6.54 Å². The maximum Gasteiger partial charge on any atom is 0.126 e. The van der Waals surface area contributed by atoms with Crippen molar-refractivity contribution in [3.8, 4) is 0 Å². The normalized spacial score (nSPS) is 11.2. The van der Waals surface area contributed by atoms with Crippen LogP contribution in [-0.4, -0.2) is 22.5 Å². The molecule has 0 aliphatic heterocycles. The minimum absolute atomic E-state index is 0.197. The third kappa shape index (κ3) is 4.75. The zero-order valence-electron chi connectivity index (χ0n) is 9.91.